The molecule has 1 heterocycles. The zero-order chi connectivity index (χ0) is 14.8. The first kappa shape index (κ1) is 15.4. The Labute approximate surface area is 117 Å². The molecule has 0 aromatic heterocycles. The summed E-state index contributed by atoms with van der Waals surface area (Å²) in [7, 11) is -3.97. The highest BCUT2D eigenvalue weighted by Crippen LogP contribution is 2.24. The van der Waals surface area contributed by atoms with Gasteiger partial charge in [0.05, 0.1) is 6.61 Å². The number of aliphatic hydroxyl groups is 1. The Morgan fingerprint density at radius 1 is 1.40 bits per heavy atom. The molecule has 1 aliphatic rings. The topological polar surface area (TPSA) is 75.6 Å². The molecule has 112 valence electrons. The normalized spacial score (nSPS) is 18.9. The van der Waals surface area contributed by atoms with Crippen molar-refractivity contribution in [1.29, 1.82) is 0 Å². The van der Waals surface area contributed by atoms with Crippen LogP contribution >= 0.6 is 0 Å². The van der Waals surface area contributed by atoms with E-state index in [1.54, 1.807) is 6.92 Å². The second kappa shape index (κ2) is 5.77. The minimum absolute atomic E-state index is 0.339. The summed E-state index contributed by atoms with van der Waals surface area (Å²) in [6, 6.07) is 3.55. The second-order valence-corrected chi connectivity index (χ2v) is 6.85. The Bertz CT molecular complexity index is 582. The molecule has 1 fully saturated rings. The number of sulfonamides is 1. The summed E-state index contributed by atoms with van der Waals surface area (Å²) in [5.74, 6) is -0.828. The first-order valence-electron chi connectivity index (χ1n) is 6.37. The van der Waals surface area contributed by atoms with Crippen molar-refractivity contribution in [2.75, 3.05) is 13.2 Å². The first-order chi connectivity index (χ1) is 9.36. The third-order valence-electron chi connectivity index (χ3n) is 3.44. The zero-order valence-corrected chi connectivity index (χ0v) is 12.0. The van der Waals surface area contributed by atoms with Gasteiger partial charge in [0.1, 0.15) is 10.7 Å². The Hall–Kier alpha value is -1.02. The minimum Gasteiger partial charge on any atom is -0.392 e. The number of halogens is 1. The predicted molar refractivity (Wildman–Crippen MR) is 71.1 cm³/mol. The Kier molecular flexibility index (Phi) is 4.43. The molecular formula is C13H18FNO4S. The van der Waals surface area contributed by atoms with E-state index in [9.17, 15) is 12.8 Å². The van der Waals surface area contributed by atoms with Gasteiger partial charge in [-0.2, -0.15) is 0 Å². The van der Waals surface area contributed by atoms with Crippen LogP contribution in [0.2, 0.25) is 0 Å². The molecule has 0 unspecified atom stereocenters. The summed E-state index contributed by atoms with van der Waals surface area (Å²) in [5.41, 5.74) is -0.289. The smallest absolute Gasteiger partial charge is 0.243 e. The van der Waals surface area contributed by atoms with Crippen molar-refractivity contribution in [3.63, 3.8) is 0 Å². The van der Waals surface area contributed by atoms with Crippen LogP contribution in [0, 0.1) is 5.82 Å². The maximum absolute atomic E-state index is 13.8. The van der Waals surface area contributed by atoms with E-state index in [-0.39, 0.29) is 6.61 Å². The lowest BCUT2D eigenvalue weighted by molar-refractivity contribution is 0.0537. The lowest BCUT2D eigenvalue weighted by Crippen LogP contribution is -2.49. The molecule has 1 aromatic carbocycles. The summed E-state index contributed by atoms with van der Waals surface area (Å²) in [6.07, 6.45) is 1.07. The van der Waals surface area contributed by atoms with E-state index in [1.165, 1.54) is 6.07 Å². The van der Waals surface area contributed by atoms with Gasteiger partial charge in [0, 0.05) is 18.8 Å². The largest absolute Gasteiger partial charge is 0.392 e. The number of hydrogen-bond acceptors (Lipinski definition) is 4. The van der Waals surface area contributed by atoms with E-state index in [0.29, 0.717) is 31.6 Å². The van der Waals surface area contributed by atoms with Crippen molar-refractivity contribution in [2.45, 2.75) is 36.8 Å². The van der Waals surface area contributed by atoms with Crippen LogP contribution in [0.15, 0.2) is 23.1 Å². The monoisotopic (exact) mass is 303 g/mol. The Balaban J connectivity index is 2.30. The van der Waals surface area contributed by atoms with E-state index < -0.39 is 26.3 Å². The molecule has 20 heavy (non-hydrogen) atoms. The van der Waals surface area contributed by atoms with Gasteiger partial charge in [0.15, 0.2) is 0 Å². The molecule has 0 spiro atoms. The molecule has 0 amide bonds. The molecule has 1 aliphatic heterocycles. The lowest BCUT2D eigenvalue weighted by Gasteiger charge is -2.34. The van der Waals surface area contributed by atoms with Crippen LogP contribution in [0.4, 0.5) is 4.39 Å². The predicted octanol–water partition coefficient (Wildman–Crippen LogP) is 1.17. The van der Waals surface area contributed by atoms with Crippen molar-refractivity contribution in [2.24, 2.45) is 0 Å². The fourth-order valence-corrected chi connectivity index (χ4v) is 3.75. The molecule has 7 heteroatoms. The van der Waals surface area contributed by atoms with E-state index in [2.05, 4.69) is 4.72 Å². The molecular weight excluding hydrogens is 285 g/mol. The van der Waals surface area contributed by atoms with Crippen LogP contribution < -0.4 is 4.72 Å². The Morgan fingerprint density at radius 2 is 2.05 bits per heavy atom. The number of benzene rings is 1. The van der Waals surface area contributed by atoms with Crippen LogP contribution in [0.25, 0.3) is 0 Å². The quantitative estimate of drug-likeness (QED) is 0.875. The SMILES string of the molecule is CC1(NS(=O)(=O)c2cc(CO)ccc2F)CCOCC1. The van der Waals surface area contributed by atoms with Crippen LogP contribution in [-0.4, -0.2) is 32.3 Å². The van der Waals surface area contributed by atoms with Crippen molar-refractivity contribution < 1.29 is 22.7 Å². The molecule has 2 N–H and O–H groups in total. The fourth-order valence-electron chi connectivity index (χ4n) is 2.16. The van der Waals surface area contributed by atoms with Crippen molar-refractivity contribution in [3.05, 3.63) is 29.6 Å². The van der Waals surface area contributed by atoms with Gasteiger partial charge in [0.2, 0.25) is 10.0 Å². The number of nitrogens with one attached hydrogen (secondary N) is 1. The molecule has 0 atom stereocenters. The van der Waals surface area contributed by atoms with E-state index in [4.69, 9.17) is 9.84 Å². The standard InChI is InChI=1S/C13H18FNO4S/c1-13(4-6-19-7-5-13)15-20(17,18)12-8-10(9-16)2-3-11(12)14/h2-3,8,15-16H,4-7,9H2,1H3. The maximum atomic E-state index is 13.8. The number of ether oxygens (including phenoxy) is 1. The molecule has 0 radical (unpaired) electrons. The Morgan fingerprint density at radius 3 is 2.65 bits per heavy atom. The number of aliphatic hydroxyl groups excluding tert-OH is 1. The first-order valence-corrected chi connectivity index (χ1v) is 7.86. The molecule has 0 aliphatic carbocycles. The third-order valence-corrected chi connectivity index (χ3v) is 5.10. The van der Waals surface area contributed by atoms with E-state index >= 15 is 0 Å². The van der Waals surface area contributed by atoms with E-state index in [1.807, 2.05) is 0 Å². The lowest BCUT2D eigenvalue weighted by atomic mass is 9.94. The highest BCUT2D eigenvalue weighted by Gasteiger charge is 2.33. The molecule has 5 nitrogen and oxygen atoms in total. The third kappa shape index (κ3) is 3.35. The van der Waals surface area contributed by atoms with Gasteiger partial charge < -0.3 is 9.84 Å². The van der Waals surface area contributed by atoms with Gasteiger partial charge in [0.25, 0.3) is 0 Å². The molecule has 0 bridgehead atoms. The second-order valence-electron chi connectivity index (χ2n) is 5.20. The van der Waals surface area contributed by atoms with Gasteiger partial charge in [-0.25, -0.2) is 17.5 Å². The number of rotatable bonds is 4. The average molecular weight is 303 g/mol. The highest BCUT2D eigenvalue weighted by atomic mass is 32.2. The number of hydrogen-bond donors (Lipinski definition) is 2. The summed E-state index contributed by atoms with van der Waals surface area (Å²) < 4.78 is 46.2. The van der Waals surface area contributed by atoms with Crippen LogP contribution in [0.1, 0.15) is 25.3 Å². The van der Waals surface area contributed by atoms with Crippen molar-refractivity contribution >= 4 is 10.0 Å². The molecule has 0 saturated carbocycles. The summed E-state index contributed by atoms with van der Waals surface area (Å²) in [4.78, 5) is -0.434. The summed E-state index contributed by atoms with van der Waals surface area (Å²) >= 11 is 0. The van der Waals surface area contributed by atoms with Gasteiger partial charge in [-0.15, -0.1) is 0 Å². The van der Waals surface area contributed by atoms with Crippen LogP contribution in [-0.2, 0) is 21.4 Å². The molecule has 1 saturated heterocycles. The van der Waals surface area contributed by atoms with Crippen molar-refractivity contribution in [3.8, 4) is 0 Å². The summed E-state index contributed by atoms with van der Waals surface area (Å²) in [6.45, 7) is 2.38. The van der Waals surface area contributed by atoms with Crippen LogP contribution in [0.5, 0.6) is 0 Å². The van der Waals surface area contributed by atoms with E-state index in [0.717, 1.165) is 12.1 Å². The fraction of sp³-hybridized carbons (Fsp3) is 0.538. The van der Waals surface area contributed by atoms with Gasteiger partial charge >= 0.3 is 0 Å². The molecule has 2 rings (SSSR count). The van der Waals surface area contributed by atoms with Gasteiger partial charge in [-0.1, -0.05) is 6.07 Å². The van der Waals surface area contributed by atoms with Gasteiger partial charge in [-0.05, 0) is 37.5 Å². The zero-order valence-electron chi connectivity index (χ0n) is 11.2. The minimum atomic E-state index is -3.97. The highest BCUT2D eigenvalue weighted by molar-refractivity contribution is 7.89. The molecule has 1 aromatic rings. The van der Waals surface area contributed by atoms with Crippen LogP contribution in [0.3, 0.4) is 0 Å². The summed E-state index contributed by atoms with van der Waals surface area (Å²) in [5, 5.41) is 9.04. The average Bonchev–Trinajstić information content (AvgIpc) is 2.38. The van der Waals surface area contributed by atoms with Crippen molar-refractivity contribution in [1.82, 2.24) is 4.72 Å². The van der Waals surface area contributed by atoms with Gasteiger partial charge in [-0.3, -0.25) is 0 Å². The maximum Gasteiger partial charge on any atom is 0.243 e.